The first-order valence-corrected chi connectivity index (χ1v) is 7.83. The van der Waals surface area contributed by atoms with E-state index in [1.807, 2.05) is 4.90 Å². The van der Waals surface area contributed by atoms with Crippen LogP contribution >= 0.6 is 0 Å². The minimum atomic E-state index is -0.946. The molecule has 1 aromatic rings. The Balaban J connectivity index is 1.61. The van der Waals surface area contributed by atoms with E-state index in [0.717, 1.165) is 44.6 Å². The average molecular weight is 303 g/mol. The molecule has 0 bridgehead atoms. The van der Waals surface area contributed by atoms with Gasteiger partial charge in [0.05, 0.1) is 18.6 Å². The molecule has 2 fully saturated rings. The van der Waals surface area contributed by atoms with E-state index < -0.39 is 5.97 Å². The van der Waals surface area contributed by atoms with Crippen molar-refractivity contribution in [1.82, 2.24) is 4.90 Å². The zero-order valence-electron chi connectivity index (χ0n) is 12.5. The Morgan fingerprint density at radius 1 is 1.18 bits per heavy atom. The largest absolute Gasteiger partial charge is 0.478 e. The number of ether oxygens (including phenoxy) is 1. The number of carbonyl (C=O) groups excluding carboxylic acids is 1. The summed E-state index contributed by atoms with van der Waals surface area (Å²) in [7, 11) is 0. The maximum Gasteiger partial charge on any atom is 0.335 e. The van der Waals surface area contributed by atoms with Crippen molar-refractivity contribution in [2.24, 2.45) is 5.92 Å². The van der Waals surface area contributed by atoms with Crippen LogP contribution < -0.4 is 0 Å². The van der Waals surface area contributed by atoms with Crippen LogP contribution in [0.15, 0.2) is 24.3 Å². The number of hydrogen-bond donors (Lipinski definition) is 1. The number of aromatic carboxylic acids is 1. The van der Waals surface area contributed by atoms with Gasteiger partial charge in [0.15, 0.2) is 0 Å². The van der Waals surface area contributed by atoms with Gasteiger partial charge in [0.1, 0.15) is 0 Å². The molecule has 1 aliphatic heterocycles. The SMILES string of the molecule is O=C(O)c1ccc(CC(=O)N(CC2CCOC2)C2CC2)cc1. The van der Waals surface area contributed by atoms with Crippen LogP contribution in [0.5, 0.6) is 0 Å². The summed E-state index contributed by atoms with van der Waals surface area (Å²) < 4.78 is 5.40. The minimum absolute atomic E-state index is 0.137. The highest BCUT2D eigenvalue weighted by molar-refractivity contribution is 5.87. The zero-order valence-corrected chi connectivity index (χ0v) is 12.5. The Kier molecular flexibility index (Phi) is 4.43. The smallest absolute Gasteiger partial charge is 0.335 e. The van der Waals surface area contributed by atoms with Crippen LogP contribution in [0.4, 0.5) is 0 Å². The summed E-state index contributed by atoms with van der Waals surface area (Å²) in [5.41, 5.74) is 1.11. The third kappa shape index (κ3) is 3.65. The van der Waals surface area contributed by atoms with E-state index in [-0.39, 0.29) is 11.5 Å². The first-order valence-electron chi connectivity index (χ1n) is 7.83. The number of carboxylic acids is 1. The van der Waals surface area contributed by atoms with Gasteiger partial charge in [-0.15, -0.1) is 0 Å². The second-order valence-corrected chi connectivity index (χ2v) is 6.19. The van der Waals surface area contributed by atoms with Crippen molar-refractivity contribution in [2.75, 3.05) is 19.8 Å². The van der Waals surface area contributed by atoms with Gasteiger partial charge in [0.2, 0.25) is 5.91 Å². The standard InChI is InChI=1S/C17H21NO4/c19-16(9-12-1-3-14(4-2-12)17(20)21)18(15-5-6-15)10-13-7-8-22-11-13/h1-4,13,15H,5-11H2,(H,20,21). The van der Waals surface area contributed by atoms with E-state index in [0.29, 0.717) is 18.4 Å². The van der Waals surface area contributed by atoms with Crippen LogP contribution in [0.3, 0.4) is 0 Å². The quantitative estimate of drug-likeness (QED) is 0.872. The van der Waals surface area contributed by atoms with Gasteiger partial charge in [-0.2, -0.15) is 0 Å². The molecule has 0 spiro atoms. The molecule has 5 heteroatoms. The molecule has 1 unspecified atom stereocenters. The zero-order chi connectivity index (χ0) is 15.5. The molecule has 2 aliphatic rings. The minimum Gasteiger partial charge on any atom is -0.478 e. The lowest BCUT2D eigenvalue weighted by molar-refractivity contribution is -0.131. The van der Waals surface area contributed by atoms with Gasteiger partial charge in [0, 0.05) is 25.1 Å². The molecule has 1 saturated heterocycles. The predicted molar refractivity (Wildman–Crippen MR) is 80.8 cm³/mol. The second-order valence-electron chi connectivity index (χ2n) is 6.19. The van der Waals surface area contributed by atoms with Gasteiger partial charge < -0.3 is 14.7 Å². The summed E-state index contributed by atoms with van der Waals surface area (Å²) in [5.74, 6) is -0.352. The molecule has 1 saturated carbocycles. The molecule has 0 radical (unpaired) electrons. The number of carbonyl (C=O) groups is 2. The van der Waals surface area contributed by atoms with Crippen molar-refractivity contribution in [1.29, 1.82) is 0 Å². The fourth-order valence-corrected chi connectivity index (χ4v) is 2.89. The van der Waals surface area contributed by atoms with Gasteiger partial charge in [-0.3, -0.25) is 4.79 Å². The van der Waals surface area contributed by atoms with E-state index in [2.05, 4.69) is 0 Å². The molecule has 5 nitrogen and oxygen atoms in total. The third-order valence-corrected chi connectivity index (χ3v) is 4.34. The fourth-order valence-electron chi connectivity index (χ4n) is 2.89. The lowest BCUT2D eigenvalue weighted by atomic mass is 10.1. The Labute approximate surface area is 129 Å². The number of benzene rings is 1. The summed E-state index contributed by atoms with van der Waals surface area (Å²) >= 11 is 0. The van der Waals surface area contributed by atoms with E-state index in [9.17, 15) is 9.59 Å². The van der Waals surface area contributed by atoms with Gasteiger partial charge >= 0.3 is 5.97 Å². The first kappa shape index (κ1) is 15.0. The maximum absolute atomic E-state index is 12.6. The van der Waals surface area contributed by atoms with Crippen molar-refractivity contribution in [3.63, 3.8) is 0 Å². The van der Waals surface area contributed by atoms with Gasteiger partial charge in [-0.1, -0.05) is 12.1 Å². The number of rotatable bonds is 6. The molecular weight excluding hydrogens is 282 g/mol. The summed E-state index contributed by atoms with van der Waals surface area (Å²) in [5, 5.41) is 8.90. The van der Waals surface area contributed by atoms with Crippen LogP contribution in [0.2, 0.25) is 0 Å². The summed E-state index contributed by atoms with van der Waals surface area (Å²) in [6.45, 7) is 2.34. The average Bonchev–Trinajstić information content (AvgIpc) is 3.21. The number of hydrogen-bond acceptors (Lipinski definition) is 3. The molecule has 22 heavy (non-hydrogen) atoms. The molecule has 3 rings (SSSR count). The predicted octanol–water partition coefficient (Wildman–Crippen LogP) is 1.95. The highest BCUT2D eigenvalue weighted by Gasteiger charge is 2.34. The topological polar surface area (TPSA) is 66.8 Å². The molecule has 1 N–H and O–H groups in total. The van der Waals surface area contributed by atoms with Crippen molar-refractivity contribution in [3.8, 4) is 0 Å². The van der Waals surface area contributed by atoms with Crippen LogP contribution in [0.1, 0.15) is 35.2 Å². The number of nitrogens with zero attached hydrogens (tertiary/aromatic N) is 1. The maximum atomic E-state index is 12.6. The van der Waals surface area contributed by atoms with E-state index in [4.69, 9.17) is 9.84 Å². The molecule has 1 amide bonds. The summed E-state index contributed by atoms with van der Waals surface area (Å²) in [6, 6.07) is 6.95. The normalized spacial score (nSPS) is 20.8. The monoisotopic (exact) mass is 303 g/mol. The van der Waals surface area contributed by atoms with Crippen molar-refractivity contribution >= 4 is 11.9 Å². The molecular formula is C17H21NO4. The Hall–Kier alpha value is -1.88. The van der Waals surface area contributed by atoms with E-state index >= 15 is 0 Å². The van der Waals surface area contributed by atoms with Crippen LogP contribution in [0.25, 0.3) is 0 Å². The van der Waals surface area contributed by atoms with Crippen LogP contribution in [-0.4, -0.2) is 47.7 Å². The molecule has 1 heterocycles. The highest BCUT2D eigenvalue weighted by Crippen LogP contribution is 2.29. The highest BCUT2D eigenvalue weighted by atomic mass is 16.5. The third-order valence-electron chi connectivity index (χ3n) is 4.34. The van der Waals surface area contributed by atoms with Gasteiger partial charge in [-0.05, 0) is 37.0 Å². The van der Waals surface area contributed by atoms with Crippen molar-refractivity contribution in [3.05, 3.63) is 35.4 Å². The molecule has 1 atom stereocenters. The lowest BCUT2D eigenvalue weighted by Crippen LogP contribution is -2.38. The Morgan fingerprint density at radius 3 is 2.45 bits per heavy atom. The summed E-state index contributed by atoms with van der Waals surface area (Å²) in [4.78, 5) is 25.4. The number of amides is 1. The fraction of sp³-hybridized carbons (Fsp3) is 0.529. The molecule has 1 aliphatic carbocycles. The van der Waals surface area contributed by atoms with Gasteiger partial charge in [0.25, 0.3) is 0 Å². The van der Waals surface area contributed by atoms with E-state index in [1.165, 1.54) is 0 Å². The van der Waals surface area contributed by atoms with Crippen molar-refractivity contribution < 1.29 is 19.4 Å². The molecule has 1 aromatic carbocycles. The van der Waals surface area contributed by atoms with Crippen LogP contribution in [0, 0.1) is 5.92 Å². The van der Waals surface area contributed by atoms with Crippen LogP contribution in [-0.2, 0) is 16.0 Å². The number of carboxylic acid groups (broad SMARTS) is 1. The Bertz CT molecular complexity index is 544. The van der Waals surface area contributed by atoms with Gasteiger partial charge in [-0.25, -0.2) is 4.79 Å². The molecule has 118 valence electrons. The van der Waals surface area contributed by atoms with Crippen molar-refractivity contribution in [2.45, 2.75) is 31.7 Å². The summed E-state index contributed by atoms with van der Waals surface area (Å²) in [6.07, 6.45) is 3.56. The Morgan fingerprint density at radius 2 is 1.91 bits per heavy atom. The lowest BCUT2D eigenvalue weighted by Gasteiger charge is -2.25. The second kappa shape index (κ2) is 6.48. The van der Waals surface area contributed by atoms with E-state index in [1.54, 1.807) is 24.3 Å². The molecule has 0 aromatic heterocycles. The first-order chi connectivity index (χ1) is 10.6.